The van der Waals surface area contributed by atoms with Crippen LogP contribution in [0.5, 0.6) is 23.0 Å². The number of fused-ring (bicyclic) bond motifs is 8. The molecule has 7 nitrogen and oxygen atoms in total. The van der Waals surface area contributed by atoms with Crippen molar-refractivity contribution in [3.63, 3.8) is 0 Å². The fraction of sp³-hybridized carbons (Fsp3) is 0.227. The van der Waals surface area contributed by atoms with Gasteiger partial charge in [0.1, 0.15) is 0 Å². The van der Waals surface area contributed by atoms with Crippen LogP contribution in [0.3, 0.4) is 0 Å². The molecule has 0 amide bonds. The van der Waals surface area contributed by atoms with E-state index in [-0.39, 0.29) is 26.0 Å². The first kappa shape index (κ1) is 16.4. The Balaban J connectivity index is 1.66. The number of rotatable bonds is 2. The van der Waals surface area contributed by atoms with E-state index in [1.165, 1.54) is 0 Å². The summed E-state index contributed by atoms with van der Waals surface area (Å²) in [6.45, 7) is 0.348. The highest BCUT2D eigenvalue weighted by molar-refractivity contribution is 6.06. The molecule has 29 heavy (non-hydrogen) atoms. The molecule has 3 heterocycles. The van der Waals surface area contributed by atoms with Gasteiger partial charge in [-0.1, -0.05) is 12.1 Å². The number of aliphatic carboxylic acids is 1. The molecule has 6 rings (SSSR count). The summed E-state index contributed by atoms with van der Waals surface area (Å²) in [5, 5.41) is 11.6. The Morgan fingerprint density at radius 3 is 2.55 bits per heavy atom. The SMILES string of the molecule is CN1c2c(ccc3cc4c(cc23)OCO4)-c2ccc3c(c2[C@@H]1CC(=O)O)OCO3. The lowest BCUT2D eigenvalue weighted by molar-refractivity contribution is -0.137. The molecule has 7 heteroatoms. The zero-order chi connectivity index (χ0) is 19.7. The van der Waals surface area contributed by atoms with Gasteiger partial charge in [0.15, 0.2) is 23.0 Å². The Bertz CT molecular complexity index is 1200. The Morgan fingerprint density at radius 2 is 1.72 bits per heavy atom. The normalized spacial score (nSPS) is 18.0. The minimum atomic E-state index is -0.870. The van der Waals surface area contributed by atoms with Crippen molar-refractivity contribution in [3.8, 4) is 34.1 Å². The third kappa shape index (κ3) is 2.21. The first-order valence-electron chi connectivity index (χ1n) is 9.35. The number of anilines is 1. The second-order valence-electron chi connectivity index (χ2n) is 7.37. The van der Waals surface area contributed by atoms with Gasteiger partial charge in [0.2, 0.25) is 13.6 Å². The van der Waals surface area contributed by atoms with E-state index >= 15 is 0 Å². The van der Waals surface area contributed by atoms with Crippen molar-refractivity contribution in [2.75, 3.05) is 25.5 Å². The molecule has 1 atom stereocenters. The molecule has 0 saturated carbocycles. The van der Waals surface area contributed by atoms with Crippen molar-refractivity contribution in [2.24, 2.45) is 0 Å². The van der Waals surface area contributed by atoms with Gasteiger partial charge >= 0.3 is 5.97 Å². The number of carboxylic acids is 1. The lowest BCUT2D eigenvalue weighted by atomic mass is 9.84. The van der Waals surface area contributed by atoms with Gasteiger partial charge in [0, 0.05) is 23.6 Å². The maximum Gasteiger partial charge on any atom is 0.305 e. The molecule has 0 spiro atoms. The van der Waals surface area contributed by atoms with Gasteiger partial charge in [-0.2, -0.15) is 0 Å². The van der Waals surface area contributed by atoms with Crippen LogP contribution in [0.25, 0.3) is 21.9 Å². The predicted octanol–water partition coefficient (Wildman–Crippen LogP) is 3.93. The smallest absolute Gasteiger partial charge is 0.305 e. The average Bonchev–Trinajstić information content (AvgIpc) is 3.36. The van der Waals surface area contributed by atoms with E-state index in [4.69, 9.17) is 18.9 Å². The molecule has 0 aromatic heterocycles. The molecule has 146 valence electrons. The number of carbonyl (C=O) groups is 1. The summed E-state index contributed by atoms with van der Waals surface area (Å²) >= 11 is 0. The van der Waals surface area contributed by atoms with Crippen LogP contribution in [0.15, 0.2) is 36.4 Å². The lowest BCUT2D eigenvalue weighted by Gasteiger charge is -2.38. The number of nitrogens with zero attached hydrogens (tertiary/aromatic N) is 1. The summed E-state index contributed by atoms with van der Waals surface area (Å²) in [5.41, 5.74) is 3.82. The summed E-state index contributed by atoms with van der Waals surface area (Å²) < 4.78 is 22.4. The highest BCUT2D eigenvalue weighted by Gasteiger charge is 2.37. The van der Waals surface area contributed by atoms with Crippen molar-refractivity contribution in [1.82, 2.24) is 0 Å². The molecule has 0 radical (unpaired) electrons. The van der Waals surface area contributed by atoms with Crippen molar-refractivity contribution in [1.29, 1.82) is 0 Å². The van der Waals surface area contributed by atoms with E-state index < -0.39 is 5.97 Å². The standard InChI is InChI=1S/C22H17NO6/c1-23-15(8-19(24)25)20-12(4-5-16-22(20)29-10-26-16)13-3-2-11-6-17-18(28-9-27-17)7-14(11)21(13)23/h2-7,15H,8-10H2,1H3,(H,24,25)/t15-/m0/s1. The quantitative estimate of drug-likeness (QED) is 0.709. The first-order chi connectivity index (χ1) is 14.1. The lowest BCUT2D eigenvalue weighted by Crippen LogP contribution is -2.30. The minimum absolute atomic E-state index is 0.0519. The second-order valence-corrected chi connectivity index (χ2v) is 7.37. The van der Waals surface area contributed by atoms with E-state index in [0.717, 1.165) is 38.9 Å². The number of benzene rings is 3. The van der Waals surface area contributed by atoms with Crippen molar-refractivity contribution >= 4 is 22.4 Å². The van der Waals surface area contributed by atoms with Crippen LogP contribution in [-0.4, -0.2) is 31.7 Å². The Kier molecular flexibility index (Phi) is 3.21. The maximum atomic E-state index is 11.7. The fourth-order valence-corrected chi connectivity index (χ4v) is 4.61. The Labute approximate surface area is 166 Å². The molecule has 0 bridgehead atoms. The summed E-state index contributed by atoms with van der Waals surface area (Å²) in [7, 11) is 1.93. The van der Waals surface area contributed by atoms with Crippen LogP contribution >= 0.6 is 0 Å². The number of carboxylic acid groups (broad SMARTS) is 1. The molecular weight excluding hydrogens is 374 g/mol. The second kappa shape index (κ2) is 5.70. The minimum Gasteiger partial charge on any atom is -0.481 e. The third-order valence-corrected chi connectivity index (χ3v) is 5.87. The maximum absolute atomic E-state index is 11.7. The molecule has 3 aromatic carbocycles. The molecular formula is C22H17NO6. The van der Waals surface area contributed by atoms with Crippen molar-refractivity contribution in [3.05, 3.63) is 42.0 Å². The van der Waals surface area contributed by atoms with Gasteiger partial charge in [-0.05, 0) is 35.2 Å². The number of ether oxygens (including phenoxy) is 4. The summed E-state index contributed by atoms with van der Waals surface area (Å²) in [6.07, 6.45) is -0.0519. The molecule has 0 fully saturated rings. The van der Waals surface area contributed by atoms with Gasteiger partial charge in [-0.15, -0.1) is 0 Å². The van der Waals surface area contributed by atoms with E-state index in [2.05, 4.69) is 12.1 Å². The van der Waals surface area contributed by atoms with E-state index in [9.17, 15) is 9.90 Å². The molecule has 3 aliphatic heterocycles. The Hall–Kier alpha value is -3.61. The first-order valence-corrected chi connectivity index (χ1v) is 9.35. The van der Waals surface area contributed by atoms with Gasteiger partial charge in [-0.3, -0.25) is 4.79 Å². The van der Waals surface area contributed by atoms with E-state index in [1.807, 2.05) is 36.2 Å². The Morgan fingerprint density at radius 1 is 1.00 bits per heavy atom. The fourth-order valence-electron chi connectivity index (χ4n) is 4.61. The third-order valence-electron chi connectivity index (χ3n) is 5.87. The molecule has 3 aromatic rings. The van der Waals surface area contributed by atoms with Crippen LogP contribution in [0.1, 0.15) is 18.0 Å². The monoisotopic (exact) mass is 391 g/mol. The number of hydrogen-bond acceptors (Lipinski definition) is 6. The van der Waals surface area contributed by atoms with Crippen LogP contribution in [-0.2, 0) is 4.79 Å². The van der Waals surface area contributed by atoms with Gasteiger partial charge in [-0.25, -0.2) is 0 Å². The van der Waals surface area contributed by atoms with E-state index in [0.29, 0.717) is 17.2 Å². The predicted molar refractivity (Wildman–Crippen MR) is 105 cm³/mol. The zero-order valence-corrected chi connectivity index (χ0v) is 15.6. The van der Waals surface area contributed by atoms with Crippen LogP contribution in [0, 0.1) is 0 Å². The van der Waals surface area contributed by atoms with Crippen molar-refractivity contribution < 1.29 is 28.8 Å². The van der Waals surface area contributed by atoms with Crippen LogP contribution in [0.4, 0.5) is 5.69 Å². The van der Waals surface area contributed by atoms with E-state index in [1.54, 1.807) is 0 Å². The number of hydrogen-bond donors (Lipinski definition) is 1. The van der Waals surface area contributed by atoms with Crippen LogP contribution < -0.4 is 23.8 Å². The summed E-state index contributed by atoms with van der Waals surface area (Å²) in [4.78, 5) is 13.7. The highest BCUT2D eigenvalue weighted by atomic mass is 16.7. The van der Waals surface area contributed by atoms with Crippen molar-refractivity contribution in [2.45, 2.75) is 12.5 Å². The molecule has 3 aliphatic rings. The van der Waals surface area contributed by atoms with Gasteiger partial charge in [0.05, 0.1) is 18.2 Å². The van der Waals surface area contributed by atoms with Gasteiger partial charge in [0.25, 0.3) is 0 Å². The summed E-state index contributed by atoms with van der Waals surface area (Å²) in [5.74, 6) is 1.84. The molecule has 0 saturated heterocycles. The average molecular weight is 391 g/mol. The van der Waals surface area contributed by atoms with Crippen LogP contribution in [0.2, 0.25) is 0 Å². The zero-order valence-electron chi connectivity index (χ0n) is 15.6. The summed E-state index contributed by atoms with van der Waals surface area (Å²) in [6, 6.07) is 11.5. The largest absolute Gasteiger partial charge is 0.481 e. The topological polar surface area (TPSA) is 77.5 Å². The van der Waals surface area contributed by atoms with Gasteiger partial charge < -0.3 is 29.0 Å². The highest BCUT2D eigenvalue weighted by Crippen LogP contribution is 2.55. The molecule has 0 unspecified atom stereocenters. The molecule has 1 N–H and O–H groups in total. The molecule has 0 aliphatic carbocycles.